The summed E-state index contributed by atoms with van der Waals surface area (Å²) in [6.45, 7) is 8.32. The third-order valence-electron chi connectivity index (χ3n) is 3.52. The van der Waals surface area contributed by atoms with Crippen LogP contribution in [-0.2, 0) is 4.74 Å². The third kappa shape index (κ3) is 3.29. The van der Waals surface area contributed by atoms with E-state index in [1.807, 2.05) is 0 Å². The maximum absolute atomic E-state index is 5.36. The first-order valence-corrected chi connectivity index (χ1v) is 7.35. The third-order valence-corrected chi connectivity index (χ3v) is 4.77. The van der Waals surface area contributed by atoms with Gasteiger partial charge in [0.05, 0.1) is 16.8 Å². The quantitative estimate of drug-likeness (QED) is 0.855. The second-order valence-corrected chi connectivity index (χ2v) is 6.25. The molecule has 4 nitrogen and oxygen atoms in total. The van der Waals surface area contributed by atoms with Gasteiger partial charge in [-0.1, -0.05) is 0 Å². The Bertz CT molecular complexity index is 394. The maximum Gasteiger partial charge on any atom is 0.0900 e. The van der Waals surface area contributed by atoms with Crippen molar-refractivity contribution in [1.82, 2.24) is 15.6 Å². The topological polar surface area (TPSA) is 46.2 Å². The second kappa shape index (κ2) is 6.10. The molecule has 0 aromatic carbocycles. The first-order valence-electron chi connectivity index (χ1n) is 6.53. The van der Waals surface area contributed by atoms with Gasteiger partial charge in [-0.25, -0.2) is 4.98 Å². The van der Waals surface area contributed by atoms with Crippen molar-refractivity contribution >= 4 is 11.3 Å². The van der Waals surface area contributed by atoms with E-state index in [9.17, 15) is 0 Å². The van der Waals surface area contributed by atoms with E-state index >= 15 is 0 Å². The van der Waals surface area contributed by atoms with E-state index in [0.717, 1.165) is 30.2 Å². The van der Waals surface area contributed by atoms with Gasteiger partial charge in [0.25, 0.3) is 0 Å². The molecule has 2 N–H and O–H groups in total. The van der Waals surface area contributed by atoms with Crippen molar-refractivity contribution in [3.05, 3.63) is 15.6 Å². The van der Waals surface area contributed by atoms with E-state index in [1.165, 1.54) is 4.88 Å². The van der Waals surface area contributed by atoms with E-state index in [0.29, 0.717) is 18.2 Å². The van der Waals surface area contributed by atoms with Crippen LogP contribution in [0, 0.1) is 13.8 Å². The summed E-state index contributed by atoms with van der Waals surface area (Å²) in [5.41, 5.74) is 1.16. The molecule has 0 radical (unpaired) electrons. The Morgan fingerprint density at radius 3 is 2.89 bits per heavy atom. The lowest BCUT2D eigenvalue weighted by atomic mass is 10.2. The Balaban J connectivity index is 1.82. The summed E-state index contributed by atoms with van der Waals surface area (Å²) < 4.78 is 5.36. The minimum atomic E-state index is 0.375. The van der Waals surface area contributed by atoms with E-state index < -0.39 is 0 Å². The summed E-state index contributed by atoms with van der Waals surface area (Å²) in [7, 11) is 1.79. The van der Waals surface area contributed by atoms with Gasteiger partial charge in [-0.3, -0.25) is 0 Å². The number of hydrogen-bond acceptors (Lipinski definition) is 5. The van der Waals surface area contributed by atoms with Crippen molar-refractivity contribution in [1.29, 1.82) is 0 Å². The van der Waals surface area contributed by atoms with Crippen molar-refractivity contribution in [3.8, 4) is 0 Å². The highest BCUT2D eigenvalue weighted by atomic mass is 32.1. The molecule has 102 valence electrons. The maximum atomic E-state index is 5.36. The van der Waals surface area contributed by atoms with Crippen LogP contribution in [0.3, 0.4) is 0 Å². The van der Waals surface area contributed by atoms with Gasteiger partial charge < -0.3 is 15.4 Å². The first-order chi connectivity index (χ1) is 8.60. The van der Waals surface area contributed by atoms with Crippen LogP contribution < -0.4 is 10.6 Å². The van der Waals surface area contributed by atoms with Gasteiger partial charge in [0.1, 0.15) is 0 Å². The van der Waals surface area contributed by atoms with E-state index in [-0.39, 0.29) is 0 Å². The molecule has 3 atom stereocenters. The van der Waals surface area contributed by atoms with Gasteiger partial charge in [-0.15, -0.1) is 11.3 Å². The Morgan fingerprint density at radius 1 is 1.56 bits per heavy atom. The number of aryl methyl sites for hydroxylation is 2. The number of methoxy groups -OCH3 is 1. The Labute approximate surface area is 113 Å². The van der Waals surface area contributed by atoms with Gasteiger partial charge in [-0.2, -0.15) is 0 Å². The van der Waals surface area contributed by atoms with Gasteiger partial charge >= 0.3 is 0 Å². The largest absolute Gasteiger partial charge is 0.380 e. The fourth-order valence-corrected chi connectivity index (χ4v) is 3.43. The number of thiazole rings is 1. The first kappa shape index (κ1) is 13.9. The van der Waals surface area contributed by atoms with Crippen LogP contribution in [0.2, 0.25) is 0 Å². The molecule has 3 unspecified atom stereocenters. The monoisotopic (exact) mass is 269 g/mol. The zero-order valence-electron chi connectivity index (χ0n) is 11.6. The van der Waals surface area contributed by atoms with Gasteiger partial charge in [0.2, 0.25) is 0 Å². The van der Waals surface area contributed by atoms with Gasteiger partial charge in [-0.05, 0) is 27.2 Å². The number of aromatic nitrogens is 1. The van der Waals surface area contributed by atoms with Crippen LogP contribution in [0.15, 0.2) is 0 Å². The summed E-state index contributed by atoms with van der Waals surface area (Å²) in [5.74, 6) is 0. The fraction of sp³-hybridized carbons (Fsp3) is 0.769. The van der Waals surface area contributed by atoms with Crippen LogP contribution >= 0.6 is 11.3 Å². The highest BCUT2D eigenvalue weighted by Crippen LogP contribution is 2.24. The van der Waals surface area contributed by atoms with Crippen LogP contribution in [0.4, 0.5) is 0 Å². The minimum absolute atomic E-state index is 0.375. The summed E-state index contributed by atoms with van der Waals surface area (Å²) in [5, 5.41) is 8.22. The number of ether oxygens (including phenoxy) is 1. The molecular formula is C13H23N3OS. The molecule has 0 saturated carbocycles. The molecule has 5 heteroatoms. The number of hydrogen-bond donors (Lipinski definition) is 2. The van der Waals surface area contributed by atoms with Gasteiger partial charge in [0.15, 0.2) is 0 Å². The number of nitrogens with one attached hydrogen (secondary N) is 2. The van der Waals surface area contributed by atoms with Crippen LogP contribution in [-0.4, -0.2) is 37.3 Å². The molecular weight excluding hydrogens is 246 g/mol. The molecule has 2 rings (SSSR count). The normalized spacial score (nSPS) is 25.6. The summed E-state index contributed by atoms with van der Waals surface area (Å²) in [4.78, 5) is 5.84. The van der Waals surface area contributed by atoms with Crippen molar-refractivity contribution in [2.24, 2.45) is 0 Å². The Hall–Kier alpha value is -0.490. The molecule has 1 aliphatic rings. The molecule has 1 aromatic heterocycles. The SMILES string of the molecule is COC1CNC(CNC(C)c2sc(C)nc2C)C1. The van der Waals surface area contributed by atoms with Crippen molar-refractivity contribution in [2.45, 2.75) is 45.4 Å². The molecule has 18 heavy (non-hydrogen) atoms. The summed E-state index contributed by atoms with van der Waals surface area (Å²) >= 11 is 1.79. The number of rotatable bonds is 5. The van der Waals surface area contributed by atoms with Crippen molar-refractivity contribution in [2.75, 3.05) is 20.2 Å². The summed E-state index contributed by atoms with van der Waals surface area (Å²) in [6, 6.07) is 0.895. The molecule has 0 amide bonds. The predicted octanol–water partition coefficient (Wildman–Crippen LogP) is 1.79. The smallest absolute Gasteiger partial charge is 0.0900 e. The Morgan fingerprint density at radius 2 is 2.33 bits per heavy atom. The average Bonchev–Trinajstić information content (AvgIpc) is 2.92. The number of nitrogens with zero attached hydrogens (tertiary/aromatic N) is 1. The molecule has 1 aliphatic heterocycles. The Kier molecular flexibility index (Phi) is 4.72. The predicted molar refractivity (Wildman–Crippen MR) is 75.2 cm³/mol. The van der Waals surface area contributed by atoms with Crippen molar-refractivity contribution < 1.29 is 4.74 Å². The van der Waals surface area contributed by atoms with Crippen LogP contribution in [0.1, 0.15) is 35.0 Å². The standard InChI is InChI=1S/C13H23N3OS/c1-8(13-9(2)16-10(3)18-13)14-6-11-5-12(17-4)7-15-11/h8,11-12,14-15H,5-7H2,1-4H3. The highest BCUT2D eigenvalue weighted by Gasteiger charge is 2.24. The van der Waals surface area contributed by atoms with E-state index in [1.54, 1.807) is 18.4 Å². The molecule has 1 fully saturated rings. The molecule has 2 heterocycles. The minimum Gasteiger partial charge on any atom is -0.380 e. The lowest BCUT2D eigenvalue weighted by molar-refractivity contribution is 0.117. The molecule has 1 saturated heterocycles. The average molecular weight is 269 g/mol. The summed E-state index contributed by atoms with van der Waals surface area (Å²) in [6.07, 6.45) is 1.47. The fourth-order valence-electron chi connectivity index (χ4n) is 2.48. The zero-order valence-corrected chi connectivity index (χ0v) is 12.4. The molecule has 0 aliphatic carbocycles. The molecule has 0 spiro atoms. The molecule has 1 aromatic rings. The van der Waals surface area contributed by atoms with Crippen LogP contribution in [0.5, 0.6) is 0 Å². The van der Waals surface area contributed by atoms with E-state index in [2.05, 4.69) is 36.4 Å². The van der Waals surface area contributed by atoms with Crippen LogP contribution in [0.25, 0.3) is 0 Å². The lowest BCUT2D eigenvalue weighted by Crippen LogP contribution is -2.35. The zero-order chi connectivity index (χ0) is 13.1. The van der Waals surface area contributed by atoms with Gasteiger partial charge in [0, 0.05) is 37.2 Å². The van der Waals surface area contributed by atoms with Crippen molar-refractivity contribution in [3.63, 3.8) is 0 Å². The molecule has 0 bridgehead atoms. The van der Waals surface area contributed by atoms with E-state index in [4.69, 9.17) is 4.74 Å². The lowest BCUT2D eigenvalue weighted by Gasteiger charge is -2.17. The second-order valence-electron chi connectivity index (χ2n) is 5.01. The highest BCUT2D eigenvalue weighted by molar-refractivity contribution is 7.11.